The van der Waals surface area contributed by atoms with Crippen molar-refractivity contribution >= 4 is 0 Å². The van der Waals surface area contributed by atoms with E-state index in [1.807, 2.05) is 0 Å². The largest absolute Gasteiger partial charge is 0.391 e. The van der Waals surface area contributed by atoms with Gasteiger partial charge in [0.1, 0.15) is 0 Å². The van der Waals surface area contributed by atoms with Crippen LogP contribution in [-0.2, 0) is 4.74 Å². The Morgan fingerprint density at radius 2 is 1.89 bits per heavy atom. The number of rotatable bonds is 3. The van der Waals surface area contributed by atoms with Crippen LogP contribution in [0.15, 0.2) is 0 Å². The average molecular weight is 255 g/mol. The first-order chi connectivity index (χ1) is 8.48. The Bertz CT molecular complexity index is 261. The van der Waals surface area contributed by atoms with Crippen LogP contribution in [0.2, 0.25) is 0 Å². The summed E-state index contributed by atoms with van der Waals surface area (Å²) in [6.45, 7) is 7.60. The summed E-state index contributed by atoms with van der Waals surface area (Å²) in [4.78, 5) is 2.40. The van der Waals surface area contributed by atoms with Gasteiger partial charge in [-0.2, -0.15) is 0 Å². The third-order valence-corrected chi connectivity index (χ3v) is 4.78. The third kappa shape index (κ3) is 3.69. The summed E-state index contributed by atoms with van der Waals surface area (Å²) >= 11 is 0. The highest BCUT2D eigenvalue weighted by Crippen LogP contribution is 2.37. The minimum Gasteiger partial charge on any atom is -0.391 e. The van der Waals surface area contributed by atoms with Gasteiger partial charge in [0.25, 0.3) is 0 Å². The van der Waals surface area contributed by atoms with E-state index in [0.717, 1.165) is 44.9 Å². The van der Waals surface area contributed by atoms with Crippen LogP contribution in [0.5, 0.6) is 0 Å². The number of nitrogens with zero attached hydrogens (tertiary/aromatic N) is 1. The molecule has 1 saturated carbocycles. The Hall–Kier alpha value is -0.120. The van der Waals surface area contributed by atoms with Crippen molar-refractivity contribution in [2.75, 3.05) is 26.8 Å². The number of hydrogen-bond donors (Lipinski definition) is 1. The van der Waals surface area contributed by atoms with Gasteiger partial charge in [0.15, 0.2) is 0 Å². The Morgan fingerprint density at radius 3 is 2.56 bits per heavy atom. The molecule has 0 radical (unpaired) electrons. The molecule has 0 bridgehead atoms. The van der Waals surface area contributed by atoms with Crippen LogP contribution >= 0.6 is 0 Å². The molecule has 0 amide bonds. The van der Waals surface area contributed by atoms with E-state index >= 15 is 0 Å². The predicted molar refractivity (Wildman–Crippen MR) is 73.6 cm³/mol. The number of ether oxygens (including phenoxy) is 1. The normalized spacial score (nSPS) is 33.8. The first kappa shape index (κ1) is 14.3. The molecule has 1 saturated heterocycles. The zero-order chi connectivity index (χ0) is 13.2. The van der Waals surface area contributed by atoms with Gasteiger partial charge in [0.05, 0.1) is 6.10 Å². The molecule has 1 aliphatic heterocycles. The van der Waals surface area contributed by atoms with Gasteiger partial charge in [0.2, 0.25) is 0 Å². The van der Waals surface area contributed by atoms with Crippen LogP contribution in [0.1, 0.15) is 46.0 Å². The second-order valence-electron chi connectivity index (χ2n) is 7.04. The maximum atomic E-state index is 10.2. The molecule has 0 spiro atoms. The van der Waals surface area contributed by atoms with Crippen molar-refractivity contribution in [1.82, 2.24) is 4.90 Å². The van der Waals surface area contributed by atoms with Crippen LogP contribution in [0.3, 0.4) is 0 Å². The zero-order valence-corrected chi connectivity index (χ0v) is 12.2. The van der Waals surface area contributed by atoms with E-state index in [0.29, 0.717) is 11.5 Å². The smallest absolute Gasteiger partial charge is 0.0695 e. The van der Waals surface area contributed by atoms with Gasteiger partial charge < -0.3 is 14.7 Å². The van der Waals surface area contributed by atoms with Gasteiger partial charge >= 0.3 is 0 Å². The lowest BCUT2D eigenvalue weighted by Gasteiger charge is -2.44. The van der Waals surface area contributed by atoms with Crippen LogP contribution < -0.4 is 0 Å². The molecule has 1 N–H and O–H groups in total. The van der Waals surface area contributed by atoms with Crippen molar-refractivity contribution < 1.29 is 9.84 Å². The predicted octanol–water partition coefficient (Wildman–Crippen LogP) is 2.28. The number of likely N-dealkylation sites (N-methyl/N-ethyl adjacent to an activating group) is 1. The number of aliphatic hydroxyl groups is 1. The van der Waals surface area contributed by atoms with E-state index in [-0.39, 0.29) is 6.10 Å². The quantitative estimate of drug-likeness (QED) is 0.840. The van der Waals surface area contributed by atoms with E-state index in [9.17, 15) is 5.11 Å². The summed E-state index contributed by atoms with van der Waals surface area (Å²) in [6.07, 6.45) is 5.44. The van der Waals surface area contributed by atoms with Crippen molar-refractivity contribution in [3.05, 3.63) is 0 Å². The Labute approximate surface area is 112 Å². The molecule has 2 rings (SSSR count). The van der Waals surface area contributed by atoms with Crippen LogP contribution in [0, 0.1) is 11.3 Å². The number of aliphatic hydroxyl groups excluding tert-OH is 1. The molecule has 2 aliphatic rings. The molecular weight excluding hydrogens is 226 g/mol. The molecule has 0 aromatic rings. The Balaban J connectivity index is 1.87. The molecular formula is C15H29NO2. The first-order valence-corrected chi connectivity index (χ1v) is 7.44. The standard InChI is InChI=1S/C15H29NO2/c1-15(2)7-4-14(17)13(10-15)16(3)11-12-5-8-18-9-6-12/h12-14,17H,4-11H2,1-3H3. The average Bonchev–Trinajstić information content (AvgIpc) is 2.33. The van der Waals surface area contributed by atoms with Gasteiger partial charge in [-0.15, -0.1) is 0 Å². The van der Waals surface area contributed by atoms with Crippen molar-refractivity contribution in [2.45, 2.75) is 58.1 Å². The fourth-order valence-corrected chi connectivity index (χ4v) is 3.46. The summed E-state index contributed by atoms with van der Waals surface area (Å²) in [5.41, 5.74) is 0.383. The SMILES string of the molecule is CN(CC1CCOCC1)C1CC(C)(C)CCC1O. The molecule has 106 valence electrons. The lowest BCUT2D eigenvalue weighted by molar-refractivity contribution is -0.0209. The second-order valence-corrected chi connectivity index (χ2v) is 7.04. The monoisotopic (exact) mass is 255 g/mol. The summed E-state index contributed by atoms with van der Waals surface area (Å²) < 4.78 is 5.41. The van der Waals surface area contributed by atoms with Gasteiger partial charge in [0, 0.05) is 25.8 Å². The van der Waals surface area contributed by atoms with Crippen molar-refractivity contribution in [3.8, 4) is 0 Å². The van der Waals surface area contributed by atoms with Crippen LogP contribution in [0.25, 0.3) is 0 Å². The van der Waals surface area contributed by atoms with Gasteiger partial charge in [-0.05, 0) is 50.5 Å². The summed E-state index contributed by atoms with van der Waals surface area (Å²) in [5.74, 6) is 0.751. The molecule has 2 atom stereocenters. The number of hydrogen-bond acceptors (Lipinski definition) is 3. The molecule has 2 unspecified atom stereocenters. The second kappa shape index (κ2) is 5.89. The van der Waals surface area contributed by atoms with E-state index in [4.69, 9.17) is 4.74 Å². The minimum absolute atomic E-state index is 0.136. The highest BCUT2D eigenvalue weighted by molar-refractivity contribution is 4.90. The Morgan fingerprint density at radius 1 is 1.22 bits per heavy atom. The van der Waals surface area contributed by atoms with Gasteiger partial charge in [-0.3, -0.25) is 0 Å². The summed E-state index contributed by atoms with van der Waals surface area (Å²) in [7, 11) is 2.19. The first-order valence-electron chi connectivity index (χ1n) is 7.44. The summed E-state index contributed by atoms with van der Waals surface area (Å²) in [6, 6.07) is 0.344. The zero-order valence-electron chi connectivity index (χ0n) is 12.2. The maximum absolute atomic E-state index is 10.2. The van der Waals surface area contributed by atoms with Crippen LogP contribution in [-0.4, -0.2) is 49.0 Å². The summed E-state index contributed by atoms with van der Waals surface area (Å²) in [5, 5.41) is 10.2. The van der Waals surface area contributed by atoms with Gasteiger partial charge in [-0.1, -0.05) is 13.8 Å². The van der Waals surface area contributed by atoms with E-state index in [1.54, 1.807) is 0 Å². The topological polar surface area (TPSA) is 32.7 Å². The molecule has 0 aromatic heterocycles. The van der Waals surface area contributed by atoms with Crippen LogP contribution in [0.4, 0.5) is 0 Å². The third-order valence-electron chi connectivity index (χ3n) is 4.78. The molecule has 3 heteroatoms. The molecule has 2 fully saturated rings. The van der Waals surface area contributed by atoms with E-state index < -0.39 is 0 Å². The lowest BCUT2D eigenvalue weighted by atomic mass is 9.73. The fraction of sp³-hybridized carbons (Fsp3) is 1.00. The highest BCUT2D eigenvalue weighted by atomic mass is 16.5. The van der Waals surface area contributed by atoms with E-state index in [2.05, 4.69) is 25.8 Å². The Kier molecular flexibility index (Phi) is 4.68. The van der Waals surface area contributed by atoms with Crippen molar-refractivity contribution in [2.24, 2.45) is 11.3 Å². The minimum atomic E-state index is -0.136. The molecule has 3 nitrogen and oxygen atoms in total. The van der Waals surface area contributed by atoms with Gasteiger partial charge in [-0.25, -0.2) is 0 Å². The lowest BCUT2D eigenvalue weighted by Crippen LogP contribution is -2.49. The molecule has 18 heavy (non-hydrogen) atoms. The van der Waals surface area contributed by atoms with E-state index in [1.165, 1.54) is 12.8 Å². The fourth-order valence-electron chi connectivity index (χ4n) is 3.46. The van der Waals surface area contributed by atoms with Crippen molar-refractivity contribution in [1.29, 1.82) is 0 Å². The molecule has 1 aliphatic carbocycles. The maximum Gasteiger partial charge on any atom is 0.0695 e. The van der Waals surface area contributed by atoms with Crippen molar-refractivity contribution in [3.63, 3.8) is 0 Å². The highest BCUT2D eigenvalue weighted by Gasteiger charge is 2.36. The molecule has 0 aromatic carbocycles. The molecule has 1 heterocycles.